The van der Waals surface area contributed by atoms with Gasteiger partial charge in [-0.15, -0.1) is 0 Å². The second kappa shape index (κ2) is 4.19. The number of nitrogens with zero attached hydrogens (tertiary/aromatic N) is 3. The summed E-state index contributed by atoms with van der Waals surface area (Å²) in [4.78, 5) is 13.2. The number of carbonyl (C=O) groups excluding carboxylic acids is 1. The highest BCUT2D eigenvalue weighted by atomic mass is 19.1. The molecule has 4 nitrogen and oxygen atoms in total. The van der Waals surface area contributed by atoms with Gasteiger partial charge in [0, 0.05) is 19.3 Å². The number of anilines is 2. The monoisotopic (exact) mass is 259 g/mol. The van der Waals surface area contributed by atoms with Crippen molar-refractivity contribution >= 4 is 17.8 Å². The zero-order valence-electron chi connectivity index (χ0n) is 10.9. The third-order valence-electron chi connectivity index (χ3n) is 3.55. The van der Waals surface area contributed by atoms with Gasteiger partial charge in [0.05, 0.1) is 11.3 Å². The molecule has 0 aliphatic carbocycles. The molecule has 0 spiro atoms. The van der Waals surface area contributed by atoms with E-state index in [9.17, 15) is 9.18 Å². The minimum absolute atomic E-state index is 0.266. The second-order valence-electron chi connectivity index (χ2n) is 4.74. The van der Waals surface area contributed by atoms with Crippen molar-refractivity contribution in [2.24, 2.45) is 7.05 Å². The van der Waals surface area contributed by atoms with Gasteiger partial charge in [-0.3, -0.25) is 9.48 Å². The smallest absolute Gasteiger partial charge is 0.155 e. The fourth-order valence-corrected chi connectivity index (χ4v) is 2.69. The lowest BCUT2D eigenvalue weighted by Gasteiger charge is -2.20. The molecule has 0 bridgehead atoms. The predicted molar refractivity (Wildman–Crippen MR) is 70.4 cm³/mol. The van der Waals surface area contributed by atoms with Crippen LogP contribution in [0.4, 0.5) is 15.9 Å². The van der Waals surface area contributed by atoms with Crippen LogP contribution >= 0.6 is 0 Å². The molecule has 2 heterocycles. The van der Waals surface area contributed by atoms with Crippen LogP contribution in [0.5, 0.6) is 0 Å². The first-order valence-corrected chi connectivity index (χ1v) is 6.16. The zero-order chi connectivity index (χ0) is 13.6. The number of halogens is 1. The van der Waals surface area contributed by atoms with E-state index in [2.05, 4.69) is 5.10 Å². The van der Waals surface area contributed by atoms with Crippen molar-refractivity contribution in [1.82, 2.24) is 9.78 Å². The SMILES string of the molecule is Cc1nn(C)c(N2CCc3ccc(F)cc32)c1C=O. The highest BCUT2D eigenvalue weighted by Gasteiger charge is 2.26. The Morgan fingerprint density at radius 3 is 2.95 bits per heavy atom. The maximum absolute atomic E-state index is 13.4. The molecular formula is C14H14FN3O. The average Bonchev–Trinajstić information content (AvgIpc) is 2.89. The summed E-state index contributed by atoms with van der Waals surface area (Å²) >= 11 is 0. The predicted octanol–water partition coefficient (Wildman–Crippen LogP) is 2.37. The van der Waals surface area contributed by atoms with Gasteiger partial charge in [0.2, 0.25) is 0 Å². The van der Waals surface area contributed by atoms with Gasteiger partial charge in [-0.2, -0.15) is 5.10 Å². The van der Waals surface area contributed by atoms with E-state index in [-0.39, 0.29) is 5.82 Å². The summed E-state index contributed by atoms with van der Waals surface area (Å²) in [7, 11) is 1.80. The molecule has 5 heteroatoms. The summed E-state index contributed by atoms with van der Waals surface area (Å²) < 4.78 is 15.1. The largest absolute Gasteiger partial charge is 0.325 e. The number of hydrogen-bond acceptors (Lipinski definition) is 3. The first-order valence-electron chi connectivity index (χ1n) is 6.16. The van der Waals surface area contributed by atoms with Crippen molar-refractivity contribution in [2.75, 3.05) is 11.4 Å². The topological polar surface area (TPSA) is 38.1 Å². The molecule has 98 valence electrons. The summed E-state index contributed by atoms with van der Waals surface area (Å²) in [6.45, 7) is 2.54. The van der Waals surface area contributed by atoms with Crippen LogP contribution in [-0.2, 0) is 13.5 Å². The Balaban J connectivity index is 2.16. The summed E-state index contributed by atoms with van der Waals surface area (Å²) in [6, 6.07) is 4.78. The van der Waals surface area contributed by atoms with Crippen molar-refractivity contribution in [3.05, 3.63) is 40.8 Å². The molecule has 0 radical (unpaired) electrons. The van der Waals surface area contributed by atoms with Crippen molar-refractivity contribution < 1.29 is 9.18 Å². The van der Waals surface area contributed by atoms with Crippen LogP contribution in [0.3, 0.4) is 0 Å². The second-order valence-corrected chi connectivity index (χ2v) is 4.74. The molecule has 1 aliphatic rings. The highest BCUT2D eigenvalue weighted by molar-refractivity contribution is 5.87. The maximum atomic E-state index is 13.4. The number of hydrogen-bond donors (Lipinski definition) is 0. The number of carbonyl (C=O) groups is 1. The van der Waals surface area contributed by atoms with Gasteiger partial charge in [-0.1, -0.05) is 6.07 Å². The van der Waals surface area contributed by atoms with Crippen LogP contribution in [0.1, 0.15) is 21.6 Å². The Morgan fingerprint density at radius 2 is 2.21 bits per heavy atom. The summed E-state index contributed by atoms with van der Waals surface area (Å²) in [5.74, 6) is 0.467. The van der Waals surface area contributed by atoms with Crippen molar-refractivity contribution in [3.8, 4) is 0 Å². The van der Waals surface area contributed by atoms with Crippen molar-refractivity contribution in [1.29, 1.82) is 0 Å². The number of aryl methyl sites for hydroxylation is 2. The Labute approximate surface area is 110 Å². The Bertz CT molecular complexity index is 663. The fourth-order valence-electron chi connectivity index (χ4n) is 2.69. The Morgan fingerprint density at radius 1 is 1.42 bits per heavy atom. The van der Waals surface area contributed by atoms with E-state index in [4.69, 9.17) is 0 Å². The number of rotatable bonds is 2. The molecule has 2 aromatic rings. The number of benzene rings is 1. The lowest BCUT2D eigenvalue weighted by molar-refractivity contribution is 0.112. The maximum Gasteiger partial charge on any atom is 0.155 e. The lowest BCUT2D eigenvalue weighted by Crippen LogP contribution is -2.18. The number of fused-ring (bicyclic) bond motifs is 1. The van der Waals surface area contributed by atoms with Gasteiger partial charge in [0.1, 0.15) is 11.6 Å². The van der Waals surface area contributed by atoms with Crippen LogP contribution in [0, 0.1) is 12.7 Å². The first-order chi connectivity index (χ1) is 9.11. The number of aromatic nitrogens is 2. The van der Waals surface area contributed by atoms with Crippen LogP contribution in [0.25, 0.3) is 0 Å². The van der Waals surface area contributed by atoms with E-state index in [1.165, 1.54) is 12.1 Å². The van der Waals surface area contributed by atoms with Crippen molar-refractivity contribution in [2.45, 2.75) is 13.3 Å². The van der Waals surface area contributed by atoms with E-state index >= 15 is 0 Å². The minimum atomic E-state index is -0.266. The van der Waals surface area contributed by atoms with Gasteiger partial charge in [-0.05, 0) is 31.0 Å². The molecule has 0 saturated heterocycles. The lowest BCUT2D eigenvalue weighted by atomic mass is 10.1. The minimum Gasteiger partial charge on any atom is -0.325 e. The van der Waals surface area contributed by atoms with Gasteiger partial charge < -0.3 is 4.90 Å². The third-order valence-corrected chi connectivity index (χ3v) is 3.55. The van der Waals surface area contributed by atoms with Gasteiger partial charge in [0.15, 0.2) is 6.29 Å². The Kier molecular flexibility index (Phi) is 2.62. The molecule has 1 aromatic heterocycles. The van der Waals surface area contributed by atoms with Gasteiger partial charge in [0.25, 0.3) is 0 Å². The normalized spacial score (nSPS) is 13.7. The first kappa shape index (κ1) is 11.9. The zero-order valence-corrected chi connectivity index (χ0v) is 10.9. The molecule has 0 fully saturated rings. The van der Waals surface area contributed by atoms with E-state index in [0.717, 1.165) is 36.3 Å². The van der Waals surface area contributed by atoms with Crippen LogP contribution < -0.4 is 4.90 Å². The van der Waals surface area contributed by atoms with Crippen molar-refractivity contribution in [3.63, 3.8) is 0 Å². The summed E-state index contributed by atoms with van der Waals surface area (Å²) in [5, 5.41) is 4.27. The fraction of sp³-hybridized carbons (Fsp3) is 0.286. The quantitative estimate of drug-likeness (QED) is 0.777. The van der Waals surface area contributed by atoms with Crippen LogP contribution in [0.15, 0.2) is 18.2 Å². The summed E-state index contributed by atoms with van der Waals surface area (Å²) in [6.07, 6.45) is 1.66. The summed E-state index contributed by atoms with van der Waals surface area (Å²) in [5.41, 5.74) is 3.18. The highest BCUT2D eigenvalue weighted by Crippen LogP contribution is 2.36. The van der Waals surface area contributed by atoms with Gasteiger partial charge in [-0.25, -0.2) is 4.39 Å². The third kappa shape index (κ3) is 1.73. The van der Waals surface area contributed by atoms with Crippen LogP contribution in [0.2, 0.25) is 0 Å². The number of aldehydes is 1. The molecule has 1 aromatic carbocycles. The standard InChI is InChI=1S/C14H14FN3O/c1-9-12(8-19)14(17(2)16-9)18-6-5-10-3-4-11(15)7-13(10)18/h3-4,7-8H,5-6H2,1-2H3. The molecule has 0 atom stereocenters. The van der Waals surface area contributed by atoms with Gasteiger partial charge >= 0.3 is 0 Å². The molecule has 19 heavy (non-hydrogen) atoms. The average molecular weight is 259 g/mol. The van der Waals surface area contributed by atoms with E-state index in [1.54, 1.807) is 24.7 Å². The van der Waals surface area contributed by atoms with E-state index in [1.807, 2.05) is 4.90 Å². The van der Waals surface area contributed by atoms with E-state index in [0.29, 0.717) is 11.3 Å². The molecule has 1 aliphatic heterocycles. The molecule has 0 amide bonds. The molecule has 0 saturated carbocycles. The van der Waals surface area contributed by atoms with Crippen LogP contribution in [-0.4, -0.2) is 22.6 Å². The molecular weight excluding hydrogens is 245 g/mol. The molecule has 0 N–H and O–H groups in total. The molecule has 0 unspecified atom stereocenters. The molecule has 3 rings (SSSR count). The Hall–Kier alpha value is -2.17. The van der Waals surface area contributed by atoms with E-state index < -0.39 is 0 Å².